The van der Waals surface area contributed by atoms with Gasteiger partial charge in [-0.15, -0.1) is 0 Å². The van der Waals surface area contributed by atoms with Crippen LogP contribution in [0.25, 0.3) is 5.69 Å². The summed E-state index contributed by atoms with van der Waals surface area (Å²) in [5.74, 6) is -2.12. The molecule has 3 N–H and O–H groups in total. The minimum Gasteiger partial charge on any atom is -0.398 e. The van der Waals surface area contributed by atoms with Crippen molar-refractivity contribution < 1.29 is 13.6 Å². The first kappa shape index (κ1) is 25.0. The SMILES string of the molecule is CCCN=Cc1c(N)ccc(NC(=O)c2ccc(=O)n(-c3c(F)cccc3F)n2)c1N1CCC(C)C1. The van der Waals surface area contributed by atoms with Crippen molar-refractivity contribution in [2.24, 2.45) is 10.9 Å². The Labute approximate surface area is 207 Å². The molecule has 2 aromatic carbocycles. The number of benzene rings is 2. The molecule has 36 heavy (non-hydrogen) atoms. The van der Waals surface area contributed by atoms with Crippen LogP contribution in [0, 0.1) is 17.6 Å². The number of hydrogen-bond acceptors (Lipinski definition) is 6. The number of aromatic nitrogens is 2. The molecule has 1 atom stereocenters. The molecule has 1 fully saturated rings. The van der Waals surface area contributed by atoms with Crippen LogP contribution in [-0.4, -0.2) is 41.5 Å². The van der Waals surface area contributed by atoms with Crippen LogP contribution in [0.4, 0.5) is 25.8 Å². The van der Waals surface area contributed by atoms with Gasteiger partial charge in [-0.3, -0.25) is 14.6 Å². The van der Waals surface area contributed by atoms with Crippen LogP contribution in [0.5, 0.6) is 0 Å². The van der Waals surface area contributed by atoms with E-state index in [1.165, 1.54) is 12.1 Å². The number of carbonyl (C=O) groups excluding carboxylic acids is 1. The first-order valence-corrected chi connectivity index (χ1v) is 11.8. The number of rotatable bonds is 7. The summed E-state index contributed by atoms with van der Waals surface area (Å²) in [6, 6.07) is 8.86. The number of para-hydroxylation sites is 1. The molecule has 2 heterocycles. The summed E-state index contributed by atoms with van der Waals surface area (Å²) >= 11 is 0. The van der Waals surface area contributed by atoms with Crippen molar-refractivity contribution in [2.75, 3.05) is 35.6 Å². The maximum atomic E-state index is 14.3. The van der Waals surface area contributed by atoms with Gasteiger partial charge in [-0.25, -0.2) is 8.78 Å². The molecular weight excluding hydrogens is 466 g/mol. The molecule has 0 spiro atoms. The summed E-state index contributed by atoms with van der Waals surface area (Å²) < 4.78 is 29.1. The minimum absolute atomic E-state index is 0.184. The van der Waals surface area contributed by atoms with Gasteiger partial charge >= 0.3 is 0 Å². The maximum Gasteiger partial charge on any atom is 0.276 e. The lowest BCUT2D eigenvalue weighted by Gasteiger charge is -2.25. The highest BCUT2D eigenvalue weighted by Crippen LogP contribution is 2.36. The number of nitrogens with two attached hydrogens (primary N) is 1. The Morgan fingerprint density at radius 2 is 1.94 bits per heavy atom. The Hall–Kier alpha value is -4.08. The fourth-order valence-electron chi connectivity index (χ4n) is 4.19. The highest BCUT2D eigenvalue weighted by atomic mass is 19.1. The molecule has 1 unspecified atom stereocenters. The van der Waals surface area contributed by atoms with Crippen LogP contribution in [-0.2, 0) is 0 Å². The topological polar surface area (TPSA) is 106 Å². The van der Waals surface area contributed by atoms with E-state index in [0.29, 0.717) is 34.1 Å². The smallest absolute Gasteiger partial charge is 0.276 e. The van der Waals surface area contributed by atoms with E-state index in [4.69, 9.17) is 5.73 Å². The van der Waals surface area contributed by atoms with Crippen LogP contribution in [0.15, 0.2) is 52.3 Å². The Morgan fingerprint density at radius 3 is 2.61 bits per heavy atom. The van der Waals surface area contributed by atoms with Crippen LogP contribution < -0.4 is 21.5 Å². The molecule has 0 bridgehead atoms. The second kappa shape index (κ2) is 10.7. The van der Waals surface area contributed by atoms with Gasteiger partial charge in [-0.2, -0.15) is 9.78 Å². The number of hydrogen-bond donors (Lipinski definition) is 2. The molecular formula is C26H28F2N6O2. The van der Waals surface area contributed by atoms with Crippen molar-refractivity contribution in [3.63, 3.8) is 0 Å². The third kappa shape index (κ3) is 5.12. The van der Waals surface area contributed by atoms with E-state index in [0.717, 1.165) is 49.8 Å². The molecule has 1 aliphatic heterocycles. The van der Waals surface area contributed by atoms with E-state index in [9.17, 15) is 18.4 Å². The lowest BCUT2D eigenvalue weighted by molar-refractivity contribution is 0.102. The van der Waals surface area contributed by atoms with Gasteiger partial charge in [0.1, 0.15) is 11.4 Å². The summed E-state index contributed by atoms with van der Waals surface area (Å²) in [5, 5.41) is 6.79. The summed E-state index contributed by atoms with van der Waals surface area (Å²) in [6.07, 6.45) is 3.60. The molecule has 188 valence electrons. The standard InChI is InChI=1S/C26H28F2N6O2/c1-3-12-30-14-17-20(29)7-8-21(24(17)33-13-11-16(2)15-33)31-26(36)22-9-10-23(35)34(32-22)25-18(27)5-4-6-19(25)28/h4-10,14,16H,3,11-13,15,29H2,1-2H3,(H,31,36). The zero-order chi connectivity index (χ0) is 25.8. The summed E-state index contributed by atoms with van der Waals surface area (Å²) in [5.41, 5.74) is 7.18. The molecule has 1 aromatic heterocycles. The van der Waals surface area contributed by atoms with Crippen molar-refractivity contribution >= 4 is 29.2 Å². The van der Waals surface area contributed by atoms with Gasteiger partial charge in [0.25, 0.3) is 11.5 Å². The first-order valence-electron chi connectivity index (χ1n) is 11.8. The quantitative estimate of drug-likeness (QED) is 0.381. The minimum atomic E-state index is -0.970. The third-order valence-corrected chi connectivity index (χ3v) is 5.99. The van der Waals surface area contributed by atoms with Gasteiger partial charge in [0.15, 0.2) is 11.6 Å². The predicted molar refractivity (Wildman–Crippen MR) is 137 cm³/mol. The molecule has 1 aliphatic rings. The van der Waals surface area contributed by atoms with E-state index in [1.54, 1.807) is 18.3 Å². The number of halogens is 2. The zero-order valence-electron chi connectivity index (χ0n) is 20.2. The molecule has 1 saturated heterocycles. The number of carbonyl (C=O) groups is 1. The number of amides is 1. The molecule has 1 amide bonds. The van der Waals surface area contributed by atoms with E-state index < -0.39 is 28.8 Å². The monoisotopic (exact) mass is 494 g/mol. The Kier molecular flexibility index (Phi) is 7.42. The zero-order valence-corrected chi connectivity index (χ0v) is 20.2. The molecule has 0 aliphatic carbocycles. The normalized spacial score (nSPS) is 15.6. The predicted octanol–water partition coefficient (Wildman–Crippen LogP) is 4.02. The largest absolute Gasteiger partial charge is 0.398 e. The van der Waals surface area contributed by atoms with Crippen LogP contribution in [0.2, 0.25) is 0 Å². The molecule has 8 nitrogen and oxygen atoms in total. The van der Waals surface area contributed by atoms with Gasteiger partial charge in [0, 0.05) is 43.2 Å². The molecule has 10 heteroatoms. The summed E-state index contributed by atoms with van der Waals surface area (Å²) in [4.78, 5) is 32.1. The van der Waals surface area contributed by atoms with Crippen molar-refractivity contribution in [1.82, 2.24) is 9.78 Å². The number of nitrogens with one attached hydrogen (secondary N) is 1. The van der Waals surface area contributed by atoms with Crippen molar-refractivity contribution in [3.05, 3.63) is 75.7 Å². The third-order valence-electron chi connectivity index (χ3n) is 5.99. The number of aliphatic imine (C=N–C) groups is 1. The average Bonchev–Trinajstić information content (AvgIpc) is 3.27. The lowest BCUT2D eigenvalue weighted by atomic mass is 10.1. The Balaban J connectivity index is 1.73. The summed E-state index contributed by atoms with van der Waals surface area (Å²) in [6.45, 7) is 6.41. The van der Waals surface area contributed by atoms with Crippen LogP contribution in [0.1, 0.15) is 42.7 Å². The number of anilines is 3. The van der Waals surface area contributed by atoms with Crippen LogP contribution in [0.3, 0.4) is 0 Å². The van der Waals surface area contributed by atoms with E-state index in [2.05, 4.69) is 27.2 Å². The van der Waals surface area contributed by atoms with Gasteiger partial charge in [-0.1, -0.05) is 19.9 Å². The second-order valence-corrected chi connectivity index (χ2v) is 8.83. The van der Waals surface area contributed by atoms with Gasteiger partial charge in [0.2, 0.25) is 0 Å². The van der Waals surface area contributed by atoms with Gasteiger partial charge in [0.05, 0.1) is 11.4 Å². The molecule has 3 aromatic rings. The number of nitrogen functional groups attached to an aromatic ring is 1. The van der Waals surface area contributed by atoms with Crippen molar-refractivity contribution in [3.8, 4) is 5.69 Å². The van der Waals surface area contributed by atoms with Crippen molar-refractivity contribution in [2.45, 2.75) is 26.7 Å². The average molecular weight is 495 g/mol. The van der Waals surface area contributed by atoms with Crippen molar-refractivity contribution in [1.29, 1.82) is 0 Å². The molecule has 4 rings (SSSR count). The van der Waals surface area contributed by atoms with Gasteiger partial charge < -0.3 is 16.0 Å². The first-order chi connectivity index (χ1) is 17.3. The fraction of sp³-hybridized carbons (Fsp3) is 0.308. The highest BCUT2D eigenvalue weighted by Gasteiger charge is 2.26. The molecule has 0 saturated carbocycles. The fourth-order valence-corrected chi connectivity index (χ4v) is 4.19. The number of nitrogens with zero attached hydrogens (tertiary/aromatic N) is 4. The van der Waals surface area contributed by atoms with E-state index in [1.807, 2.05) is 6.92 Å². The Bertz CT molecular complexity index is 1350. The van der Waals surface area contributed by atoms with Gasteiger partial charge in [-0.05, 0) is 49.1 Å². The maximum absolute atomic E-state index is 14.3. The van der Waals surface area contributed by atoms with Crippen LogP contribution >= 0.6 is 0 Å². The molecule has 0 radical (unpaired) electrons. The van der Waals surface area contributed by atoms with E-state index in [-0.39, 0.29) is 5.69 Å². The lowest BCUT2D eigenvalue weighted by Crippen LogP contribution is -2.27. The second-order valence-electron chi connectivity index (χ2n) is 8.83. The Morgan fingerprint density at radius 1 is 1.19 bits per heavy atom. The van der Waals surface area contributed by atoms with E-state index >= 15 is 0 Å². The summed E-state index contributed by atoms with van der Waals surface area (Å²) in [7, 11) is 0. The highest BCUT2D eigenvalue weighted by molar-refractivity contribution is 6.08.